The van der Waals surface area contributed by atoms with Gasteiger partial charge in [0.05, 0.1) is 5.69 Å². The van der Waals surface area contributed by atoms with Gasteiger partial charge in [-0.2, -0.15) is 5.10 Å². The van der Waals surface area contributed by atoms with Gasteiger partial charge < -0.3 is 4.74 Å². The number of rotatable bonds is 5. The number of carbonyl (C=O) groups is 2. The van der Waals surface area contributed by atoms with Gasteiger partial charge in [0, 0.05) is 24.4 Å². The van der Waals surface area contributed by atoms with Gasteiger partial charge in [0.25, 0.3) is 11.8 Å². The summed E-state index contributed by atoms with van der Waals surface area (Å²) in [6.45, 7) is 9.33. The average Bonchev–Trinajstić information content (AvgIpc) is 2.86. The molecule has 0 saturated heterocycles. The molecule has 0 fully saturated rings. The Morgan fingerprint density at radius 1 is 1.19 bits per heavy atom. The minimum absolute atomic E-state index is 0.439. The lowest BCUT2D eigenvalue weighted by Gasteiger charge is -2.17. The highest BCUT2D eigenvalue weighted by Crippen LogP contribution is 2.21. The van der Waals surface area contributed by atoms with Gasteiger partial charge in [0.2, 0.25) is 0 Å². The quantitative estimate of drug-likeness (QED) is 0.625. The van der Waals surface area contributed by atoms with Crippen molar-refractivity contribution in [1.29, 1.82) is 0 Å². The van der Waals surface area contributed by atoms with Crippen LogP contribution in [0.25, 0.3) is 6.08 Å². The number of nitrogens with zero attached hydrogens (tertiary/aromatic N) is 2. The molecule has 0 aliphatic heterocycles. The van der Waals surface area contributed by atoms with E-state index in [9.17, 15) is 9.59 Å². The first-order valence-electron chi connectivity index (χ1n) is 8.71. The molecular weight excluding hydrogens is 344 g/mol. The van der Waals surface area contributed by atoms with Gasteiger partial charge in [-0.25, -0.2) is 0 Å². The second-order valence-electron chi connectivity index (χ2n) is 6.48. The highest BCUT2D eigenvalue weighted by Gasteiger charge is 2.16. The zero-order valence-electron chi connectivity index (χ0n) is 16.6. The van der Waals surface area contributed by atoms with Crippen molar-refractivity contribution in [2.45, 2.75) is 40.7 Å². The van der Waals surface area contributed by atoms with E-state index in [2.05, 4.69) is 16.0 Å². The molecule has 2 aromatic rings. The molecule has 0 radical (unpaired) electrons. The van der Waals surface area contributed by atoms with Crippen molar-refractivity contribution in [1.82, 2.24) is 20.6 Å². The zero-order chi connectivity index (χ0) is 20.1. The van der Waals surface area contributed by atoms with Crippen LogP contribution < -0.4 is 15.6 Å². The second kappa shape index (κ2) is 8.53. The van der Waals surface area contributed by atoms with Crippen molar-refractivity contribution in [3.8, 4) is 5.75 Å². The molecule has 0 saturated carbocycles. The Kier molecular flexibility index (Phi) is 6.39. The third kappa shape index (κ3) is 4.97. The molecule has 7 nitrogen and oxygen atoms in total. The van der Waals surface area contributed by atoms with Gasteiger partial charge in [0.1, 0.15) is 5.75 Å². The Hall–Kier alpha value is -3.09. The van der Waals surface area contributed by atoms with Gasteiger partial charge in [-0.15, -0.1) is 0 Å². The molecule has 1 unspecified atom stereocenters. The lowest BCUT2D eigenvalue weighted by Crippen LogP contribution is -2.46. The number of ether oxygens (including phenoxy) is 1. The minimum Gasteiger partial charge on any atom is -0.481 e. The number of benzene rings is 1. The van der Waals surface area contributed by atoms with Crippen molar-refractivity contribution in [3.05, 3.63) is 52.4 Å². The Morgan fingerprint density at radius 3 is 2.52 bits per heavy atom. The van der Waals surface area contributed by atoms with Crippen LogP contribution in [0.2, 0.25) is 0 Å². The highest BCUT2D eigenvalue weighted by atomic mass is 16.5. The van der Waals surface area contributed by atoms with E-state index in [4.69, 9.17) is 4.74 Å². The summed E-state index contributed by atoms with van der Waals surface area (Å²) in [5.41, 5.74) is 9.46. The van der Waals surface area contributed by atoms with E-state index in [1.807, 2.05) is 52.9 Å². The summed E-state index contributed by atoms with van der Waals surface area (Å²) in [5.74, 6) is -0.234. The molecule has 1 aromatic heterocycles. The summed E-state index contributed by atoms with van der Waals surface area (Å²) in [6.07, 6.45) is 2.28. The second-order valence-corrected chi connectivity index (χ2v) is 6.48. The fraction of sp³-hybridized carbons (Fsp3) is 0.350. The van der Waals surface area contributed by atoms with Crippen molar-refractivity contribution in [3.63, 3.8) is 0 Å². The molecule has 1 aromatic carbocycles. The van der Waals surface area contributed by atoms with Crippen LogP contribution in [-0.2, 0) is 16.6 Å². The van der Waals surface area contributed by atoms with Crippen LogP contribution in [0, 0.1) is 27.7 Å². The molecule has 2 amide bonds. The first kappa shape index (κ1) is 20.2. The SMILES string of the molecule is Cc1cccc(OC(C)C(=O)NNC(=O)/C=C/c2c(C)nn(C)c2C)c1C. The summed E-state index contributed by atoms with van der Waals surface area (Å²) in [4.78, 5) is 24.1. The number of amides is 2. The van der Waals surface area contributed by atoms with Crippen LogP contribution >= 0.6 is 0 Å². The summed E-state index contributed by atoms with van der Waals surface area (Å²) >= 11 is 0. The Balaban J connectivity index is 1.89. The van der Waals surface area contributed by atoms with Crippen LogP contribution in [0.3, 0.4) is 0 Å². The predicted molar refractivity (Wildman–Crippen MR) is 104 cm³/mol. The molecule has 7 heteroatoms. The molecule has 2 rings (SSSR count). The van der Waals surface area contributed by atoms with Crippen molar-refractivity contribution in [2.24, 2.45) is 7.05 Å². The standard InChI is InChI=1S/C20H26N4O3/c1-12-8-7-9-18(13(12)2)27-16(5)20(26)22-21-19(25)11-10-17-14(3)23-24(6)15(17)4/h7-11,16H,1-6H3,(H,21,25)(H,22,26)/b11-10+. The lowest BCUT2D eigenvalue weighted by molar-refractivity contribution is -0.131. The van der Waals surface area contributed by atoms with Crippen molar-refractivity contribution >= 4 is 17.9 Å². The Morgan fingerprint density at radius 2 is 1.89 bits per heavy atom. The number of aryl methyl sites for hydroxylation is 3. The van der Waals surface area contributed by atoms with Gasteiger partial charge >= 0.3 is 0 Å². The summed E-state index contributed by atoms with van der Waals surface area (Å²) in [5, 5.41) is 4.29. The number of carbonyl (C=O) groups excluding carboxylic acids is 2. The maximum atomic E-state index is 12.1. The predicted octanol–water partition coefficient (Wildman–Crippen LogP) is 2.28. The van der Waals surface area contributed by atoms with Gasteiger partial charge in [-0.3, -0.25) is 25.1 Å². The Labute approximate surface area is 159 Å². The largest absolute Gasteiger partial charge is 0.481 e. The molecule has 0 spiro atoms. The molecule has 0 aliphatic carbocycles. The first-order valence-corrected chi connectivity index (χ1v) is 8.71. The number of hydrazine groups is 1. The Bertz CT molecular complexity index is 884. The molecule has 2 N–H and O–H groups in total. The van der Waals surface area contributed by atoms with Crippen LogP contribution in [0.15, 0.2) is 24.3 Å². The van der Waals surface area contributed by atoms with Gasteiger partial charge in [0.15, 0.2) is 6.10 Å². The lowest BCUT2D eigenvalue weighted by atomic mass is 10.1. The number of hydrogen-bond donors (Lipinski definition) is 2. The minimum atomic E-state index is -0.752. The zero-order valence-corrected chi connectivity index (χ0v) is 16.6. The third-order valence-corrected chi connectivity index (χ3v) is 4.50. The number of aromatic nitrogens is 2. The summed E-state index contributed by atoms with van der Waals surface area (Å²) in [6, 6.07) is 5.66. The topological polar surface area (TPSA) is 85.2 Å². The maximum Gasteiger partial charge on any atom is 0.279 e. The number of nitrogens with one attached hydrogen (secondary N) is 2. The van der Waals surface area contributed by atoms with Crippen LogP contribution in [0.1, 0.15) is 35.0 Å². The van der Waals surface area contributed by atoms with E-state index >= 15 is 0 Å². The fourth-order valence-electron chi connectivity index (χ4n) is 2.55. The van der Waals surface area contributed by atoms with E-state index in [-0.39, 0.29) is 0 Å². The molecular formula is C20H26N4O3. The normalized spacial score (nSPS) is 12.1. The van der Waals surface area contributed by atoms with E-state index in [1.165, 1.54) is 6.08 Å². The maximum absolute atomic E-state index is 12.1. The summed E-state index contributed by atoms with van der Waals surface area (Å²) < 4.78 is 7.44. The van der Waals surface area contributed by atoms with E-state index in [0.717, 1.165) is 28.1 Å². The molecule has 27 heavy (non-hydrogen) atoms. The molecule has 1 heterocycles. The van der Waals surface area contributed by atoms with Crippen LogP contribution in [0.4, 0.5) is 0 Å². The van der Waals surface area contributed by atoms with Gasteiger partial charge in [-0.1, -0.05) is 12.1 Å². The summed E-state index contributed by atoms with van der Waals surface area (Å²) in [7, 11) is 1.84. The van der Waals surface area contributed by atoms with Crippen LogP contribution in [-0.4, -0.2) is 27.7 Å². The van der Waals surface area contributed by atoms with Crippen LogP contribution in [0.5, 0.6) is 5.75 Å². The van der Waals surface area contributed by atoms with E-state index in [1.54, 1.807) is 17.7 Å². The monoisotopic (exact) mass is 370 g/mol. The highest BCUT2D eigenvalue weighted by molar-refractivity contribution is 5.93. The molecule has 1 atom stereocenters. The molecule has 0 bridgehead atoms. The third-order valence-electron chi connectivity index (χ3n) is 4.50. The first-order chi connectivity index (χ1) is 12.7. The fourth-order valence-corrected chi connectivity index (χ4v) is 2.55. The smallest absolute Gasteiger partial charge is 0.279 e. The number of hydrogen-bond acceptors (Lipinski definition) is 4. The van der Waals surface area contributed by atoms with Crippen molar-refractivity contribution < 1.29 is 14.3 Å². The van der Waals surface area contributed by atoms with E-state index < -0.39 is 17.9 Å². The molecule has 0 aliphatic rings. The van der Waals surface area contributed by atoms with Crippen molar-refractivity contribution in [2.75, 3.05) is 0 Å². The van der Waals surface area contributed by atoms with Gasteiger partial charge in [-0.05, 0) is 57.9 Å². The molecule has 144 valence electrons. The average molecular weight is 370 g/mol. The van der Waals surface area contributed by atoms with E-state index in [0.29, 0.717) is 5.75 Å².